The molecule has 1 aromatic carbocycles. The highest BCUT2D eigenvalue weighted by atomic mass is 32.2. The molecule has 1 aromatic heterocycles. The van der Waals surface area contributed by atoms with Crippen LogP contribution in [-0.2, 0) is 10.5 Å². The average Bonchev–Trinajstić information content (AvgIpc) is 3.02. The highest BCUT2D eigenvalue weighted by molar-refractivity contribution is 7.98. The molecule has 1 heterocycles. The predicted octanol–water partition coefficient (Wildman–Crippen LogP) is 3.87. The lowest BCUT2D eigenvalue weighted by Crippen LogP contribution is -2.37. The number of carbonyl (C=O) groups excluding carboxylic acids is 1. The van der Waals surface area contributed by atoms with Crippen molar-refractivity contribution in [1.29, 1.82) is 0 Å². The van der Waals surface area contributed by atoms with Crippen LogP contribution in [0.4, 0.5) is 0 Å². The molecule has 118 valence electrons. The smallest absolute Gasteiger partial charge is 0.260 e. The number of aryl methyl sites for hydroxylation is 1. The summed E-state index contributed by atoms with van der Waals surface area (Å²) < 4.78 is 5.63. The molecule has 0 aliphatic carbocycles. The Bertz CT molecular complexity index is 567. The van der Waals surface area contributed by atoms with Crippen molar-refractivity contribution in [3.63, 3.8) is 0 Å². The topological polar surface area (TPSA) is 38.3 Å². The largest absolute Gasteiger partial charge is 0.481 e. The van der Waals surface area contributed by atoms with Gasteiger partial charge in [-0.1, -0.05) is 23.8 Å². The van der Waals surface area contributed by atoms with Crippen LogP contribution in [0.25, 0.3) is 0 Å². The molecule has 2 aromatic rings. The standard InChI is InChI=1S/C17H21NO2S2/c1-13-5-7-15(8-6-13)20-14(2)17(19)18-9-11-21-12-16-4-3-10-22-16/h3-8,10,14H,9,11-12H2,1-2H3,(H,18,19). The van der Waals surface area contributed by atoms with Crippen LogP contribution in [0.15, 0.2) is 41.8 Å². The number of hydrogen-bond donors (Lipinski definition) is 1. The van der Waals surface area contributed by atoms with E-state index in [-0.39, 0.29) is 5.91 Å². The molecule has 5 heteroatoms. The lowest BCUT2D eigenvalue weighted by molar-refractivity contribution is -0.127. The van der Waals surface area contributed by atoms with Gasteiger partial charge in [-0.25, -0.2) is 0 Å². The van der Waals surface area contributed by atoms with Gasteiger partial charge in [0.1, 0.15) is 5.75 Å². The van der Waals surface area contributed by atoms with E-state index < -0.39 is 6.10 Å². The summed E-state index contributed by atoms with van der Waals surface area (Å²) in [6.07, 6.45) is -0.481. The van der Waals surface area contributed by atoms with E-state index in [4.69, 9.17) is 4.74 Å². The van der Waals surface area contributed by atoms with Gasteiger partial charge in [-0.05, 0) is 37.4 Å². The summed E-state index contributed by atoms with van der Waals surface area (Å²) in [5.74, 6) is 2.56. The first-order valence-corrected chi connectivity index (χ1v) is 9.30. The summed E-state index contributed by atoms with van der Waals surface area (Å²) in [6.45, 7) is 4.46. The van der Waals surface area contributed by atoms with Crippen LogP contribution < -0.4 is 10.1 Å². The van der Waals surface area contributed by atoms with E-state index >= 15 is 0 Å². The van der Waals surface area contributed by atoms with Crippen molar-refractivity contribution >= 4 is 29.0 Å². The third-order valence-corrected chi connectivity index (χ3v) is 5.14. The normalized spacial score (nSPS) is 11.9. The van der Waals surface area contributed by atoms with Gasteiger partial charge in [-0.15, -0.1) is 11.3 Å². The molecule has 1 unspecified atom stereocenters. The van der Waals surface area contributed by atoms with Crippen LogP contribution in [0.2, 0.25) is 0 Å². The molecule has 0 spiro atoms. The number of nitrogens with one attached hydrogen (secondary N) is 1. The molecule has 22 heavy (non-hydrogen) atoms. The Morgan fingerprint density at radius 3 is 2.77 bits per heavy atom. The number of thioether (sulfide) groups is 1. The fraction of sp³-hybridized carbons (Fsp3) is 0.353. The van der Waals surface area contributed by atoms with E-state index in [1.807, 2.05) is 43.0 Å². The molecule has 0 saturated carbocycles. The Morgan fingerprint density at radius 2 is 2.09 bits per heavy atom. The molecular weight excluding hydrogens is 314 g/mol. The maximum absolute atomic E-state index is 12.0. The van der Waals surface area contributed by atoms with Crippen LogP contribution in [-0.4, -0.2) is 24.3 Å². The van der Waals surface area contributed by atoms with Gasteiger partial charge in [0, 0.05) is 22.9 Å². The van der Waals surface area contributed by atoms with E-state index in [0.717, 1.165) is 17.3 Å². The Labute approximate surface area is 140 Å². The summed E-state index contributed by atoms with van der Waals surface area (Å²) in [4.78, 5) is 13.3. The summed E-state index contributed by atoms with van der Waals surface area (Å²) in [7, 11) is 0. The van der Waals surface area contributed by atoms with Crippen LogP contribution >= 0.6 is 23.1 Å². The lowest BCUT2D eigenvalue weighted by Gasteiger charge is -2.14. The Morgan fingerprint density at radius 1 is 1.32 bits per heavy atom. The lowest BCUT2D eigenvalue weighted by atomic mass is 10.2. The molecule has 2 rings (SSSR count). The molecular formula is C17H21NO2S2. The fourth-order valence-corrected chi connectivity index (χ4v) is 3.53. The monoisotopic (exact) mass is 335 g/mol. The quantitative estimate of drug-likeness (QED) is 0.744. The first-order chi connectivity index (χ1) is 10.6. The van der Waals surface area contributed by atoms with Gasteiger partial charge in [0.05, 0.1) is 0 Å². The van der Waals surface area contributed by atoms with Gasteiger partial charge < -0.3 is 10.1 Å². The van der Waals surface area contributed by atoms with E-state index in [1.165, 1.54) is 10.4 Å². The summed E-state index contributed by atoms with van der Waals surface area (Å²) >= 11 is 3.59. The van der Waals surface area contributed by atoms with E-state index in [2.05, 4.69) is 22.8 Å². The van der Waals surface area contributed by atoms with Gasteiger partial charge in [0.15, 0.2) is 6.10 Å². The zero-order valence-corrected chi connectivity index (χ0v) is 14.5. The van der Waals surface area contributed by atoms with Crippen molar-refractivity contribution in [3.05, 3.63) is 52.2 Å². The summed E-state index contributed by atoms with van der Waals surface area (Å²) in [6, 6.07) is 11.9. The van der Waals surface area contributed by atoms with Gasteiger partial charge >= 0.3 is 0 Å². The van der Waals surface area contributed by atoms with Crippen molar-refractivity contribution in [3.8, 4) is 5.75 Å². The molecule has 0 aliphatic rings. The SMILES string of the molecule is Cc1ccc(OC(C)C(=O)NCCSCc2cccs2)cc1. The molecule has 0 radical (unpaired) electrons. The number of carbonyl (C=O) groups is 1. The summed E-state index contributed by atoms with van der Waals surface area (Å²) in [5, 5.41) is 5.00. The van der Waals surface area contributed by atoms with E-state index in [1.54, 1.807) is 18.3 Å². The first kappa shape index (κ1) is 16.9. The third kappa shape index (κ3) is 5.73. The van der Waals surface area contributed by atoms with Crippen molar-refractivity contribution in [1.82, 2.24) is 5.32 Å². The second-order valence-corrected chi connectivity index (χ2v) is 7.13. The van der Waals surface area contributed by atoms with Gasteiger partial charge in [-0.3, -0.25) is 4.79 Å². The second-order valence-electron chi connectivity index (χ2n) is 5.00. The van der Waals surface area contributed by atoms with Gasteiger partial charge in [0.2, 0.25) is 0 Å². The van der Waals surface area contributed by atoms with Crippen LogP contribution in [0.1, 0.15) is 17.4 Å². The van der Waals surface area contributed by atoms with Crippen molar-refractivity contribution < 1.29 is 9.53 Å². The molecule has 0 saturated heterocycles. The van der Waals surface area contributed by atoms with E-state index in [0.29, 0.717) is 6.54 Å². The molecule has 0 bridgehead atoms. The van der Waals surface area contributed by atoms with Crippen molar-refractivity contribution in [2.75, 3.05) is 12.3 Å². The third-order valence-electron chi connectivity index (χ3n) is 3.07. The maximum atomic E-state index is 12.0. The Kier molecular flexibility index (Phi) is 6.80. The zero-order valence-electron chi connectivity index (χ0n) is 12.9. The number of amides is 1. The molecule has 1 amide bonds. The number of rotatable bonds is 8. The molecule has 3 nitrogen and oxygen atoms in total. The van der Waals surface area contributed by atoms with Crippen LogP contribution in [0.5, 0.6) is 5.75 Å². The minimum Gasteiger partial charge on any atom is -0.481 e. The van der Waals surface area contributed by atoms with Crippen molar-refractivity contribution in [2.45, 2.75) is 25.7 Å². The minimum absolute atomic E-state index is 0.0719. The zero-order chi connectivity index (χ0) is 15.8. The van der Waals surface area contributed by atoms with Crippen LogP contribution in [0, 0.1) is 6.92 Å². The second kappa shape index (κ2) is 8.86. The average molecular weight is 335 g/mol. The predicted molar refractivity (Wildman–Crippen MR) is 94.8 cm³/mol. The number of benzene rings is 1. The number of ether oxygens (including phenoxy) is 1. The van der Waals surface area contributed by atoms with Gasteiger partial charge in [-0.2, -0.15) is 11.8 Å². The molecule has 0 aliphatic heterocycles. The molecule has 1 N–H and O–H groups in total. The van der Waals surface area contributed by atoms with Crippen LogP contribution in [0.3, 0.4) is 0 Å². The highest BCUT2D eigenvalue weighted by Gasteiger charge is 2.13. The fourth-order valence-electron chi connectivity index (χ4n) is 1.83. The van der Waals surface area contributed by atoms with Gasteiger partial charge in [0.25, 0.3) is 5.91 Å². The van der Waals surface area contributed by atoms with Crippen molar-refractivity contribution in [2.24, 2.45) is 0 Å². The van der Waals surface area contributed by atoms with E-state index in [9.17, 15) is 4.79 Å². The Hall–Kier alpha value is -1.46. The number of hydrogen-bond acceptors (Lipinski definition) is 4. The molecule has 0 fully saturated rings. The first-order valence-electron chi connectivity index (χ1n) is 7.26. The maximum Gasteiger partial charge on any atom is 0.260 e. The number of thiophene rings is 1. The highest BCUT2D eigenvalue weighted by Crippen LogP contribution is 2.16. The summed E-state index contributed by atoms with van der Waals surface area (Å²) in [5.41, 5.74) is 1.17. The Balaban J connectivity index is 1.62. The molecule has 1 atom stereocenters. The minimum atomic E-state index is -0.481.